The molecular formula is C24H23N3O2S. The Hall–Kier alpha value is -3.25. The molecule has 4 aromatic rings. The highest BCUT2D eigenvalue weighted by Crippen LogP contribution is 2.30. The van der Waals surface area contributed by atoms with Crippen molar-refractivity contribution in [2.75, 3.05) is 6.54 Å². The van der Waals surface area contributed by atoms with E-state index in [2.05, 4.69) is 17.2 Å². The van der Waals surface area contributed by atoms with E-state index in [1.165, 1.54) is 27.8 Å². The van der Waals surface area contributed by atoms with Crippen molar-refractivity contribution in [2.24, 2.45) is 0 Å². The van der Waals surface area contributed by atoms with Crippen LogP contribution in [0, 0.1) is 6.92 Å². The second-order valence-corrected chi connectivity index (χ2v) is 8.35. The van der Waals surface area contributed by atoms with Crippen LogP contribution < -0.4 is 10.9 Å². The zero-order valence-corrected chi connectivity index (χ0v) is 17.8. The Morgan fingerprint density at radius 2 is 1.87 bits per heavy atom. The number of nitrogens with one attached hydrogen (secondary N) is 1. The molecule has 2 aromatic carbocycles. The molecule has 0 aliphatic carbocycles. The summed E-state index contributed by atoms with van der Waals surface area (Å²) in [5, 5.41) is 5.45. The summed E-state index contributed by atoms with van der Waals surface area (Å²) < 4.78 is 1.38. The van der Waals surface area contributed by atoms with Gasteiger partial charge in [0.15, 0.2) is 0 Å². The van der Waals surface area contributed by atoms with Gasteiger partial charge in [0, 0.05) is 17.5 Å². The number of aromatic nitrogens is 2. The molecule has 0 spiro atoms. The van der Waals surface area contributed by atoms with Crippen LogP contribution >= 0.6 is 11.3 Å². The van der Waals surface area contributed by atoms with Gasteiger partial charge in [0.1, 0.15) is 11.4 Å². The first-order valence-corrected chi connectivity index (χ1v) is 10.8. The number of amides is 1. The topological polar surface area (TPSA) is 64.0 Å². The van der Waals surface area contributed by atoms with Crippen LogP contribution in [-0.4, -0.2) is 22.0 Å². The van der Waals surface area contributed by atoms with Gasteiger partial charge in [0.2, 0.25) is 5.91 Å². The number of carbonyl (C=O) groups is 1. The molecule has 0 saturated carbocycles. The van der Waals surface area contributed by atoms with Gasteiger partial charge in [-0.1, -0.05) is 67.1 Å². The van der Waals surface area contributed by atoms with Crippen molar-refractivity contribution < 1.29 is 4.79 Å². The average Bonchev–Trinajstić information content (AvgIpc) is 3.20. The Kier molecular flexibility index (Phi) is 5.77. The molecule has 30 heavy (non-hydrogen) atoms. The summed E-state index contributed by atoms with van der Waals surface area (Å²) in [6, 6.07) is 18.1. The molecule has 2 heterocycles. The number of carbonyl (C=O) groups excluding carboxylic acids is 1. The molecule has 0 aliphatic heterocycles. The van der Waals surface area contributed by atoms with Crippen molar-refractivity contribution in [3.05, 3.63) is 87.8 Å². The van der Waals surface area contributed by atoms with Crippen molar-refractivity contribution in [3.63, 3.8) is 0 Å². The maximum absolute atomic E-state index is 13.1. The highest BCUT2D eigenvalue weighted by Gasteiger charge is 2.15. The third kappa shape index (κ3) is 4.19. The highest BCUT2D eigenvalue weighted by atomic mass is 32.1. The number of rotatable bonds is 6. The van der Waals surface area contributed by atoms with Crippen molar-refractivity contribution >= 4 is 27.5 Å². The van der Waals surface area contributed by atoms with E-state index in [-0.39, 0.29) is 23.9 Å². The van der Waals surface area contributed by atoms with Crippen LogP contribution in [0.3, 0.4) is 0 Å². The lowest BCUT2D eigenvalue weighted by Crippen LogP contribution is -2.34. The zero-order valence-electron chi connectivity index (χ0n) is 17.0. The lowest BCUT2D eigenvalue weighted by Gasteiger charge is -2.13. The van der Waals surface area contributed by atoms with Gasteiger partial charge in [0.25, 0.3) is 5.56 Å². The van der Waals surface area contributed by atoms with E-state index in [9.17, 15) is 9.59 Å². The van der Waals surface area contributed by atoms with Gasteiger partial charge in [-0.15, -0.1) is 11.3 Å². The summed E-state index contributed by atoms with van der Waals surface area (Å²) in [4.78, 5) is 30.7. The summed E-state index contributed by atoms with van der Waals surface area (Å²) in [6.07, 6.45) is 1.46. The Morgan fingerprint density at radius 1 is 1.13 bits per heavy atom. The second-order valence-electron chi connectivity index (χ2n) is 7.49. The Bertz CT molecular complexity index is 1230. The van der Waals surface area contributed by atoms with E-state index in [4.69, 9.17) is 0 Å². The molecular weight excluding hydrogens is 394 g/mol. The maximum Gasteiger partial charge on any atom is 0.263 e. The molecule has 0 radical (unpaired) electrons. The van der Waals surface area contributed by atoms with Crippen LogP contribution in [0.25, 0.3) is 21.3 Å². The number of benzene rings is 2. The number of hydrogen-bond acceptors (Lipinski definition) is 4. The lowest BCUT2D eigenvalue weighted by atomic mass is 10.0. The van der Waals surface area contributed by atoms with Crippen molar-refractivity contribution in [1.82, 2.24) is 14.9 Å². The van der Waals surface area contributed by atoms with Crippen molar-refractivity contribution in [1.29, 1.82) is 0 Å². The van der Waals surface area contributed by atoms with Crippen LogP contribution in [0.15, 0.2) is 71.1 Å². The Labute approximate surface area is 179 Å². The van der Waals surface area contributed by atoms with Gasteiger partial charge in [-0.2, -0.15) is 0 Å². The molecule has 1 atom stereocenters. The van der Waals surface area contributed by atoms with Gasteiger partial charge >= 0.3 is 0 Å². The van der Waals surface area contributed by atoms with E-state index in [0.717, 1.165) is 16.7 Å². The van der Waals surface area contributed by atoms with Crippen molar-refractivity contribution in [2.45, 2.75) is 26.3 Å². The molecule has 4 rings (SSSR count). The van der Waals surface area contributed by atoms with E-state index in [0.29, 0.717) is 16.8 Å². The number of thiophene rings is 1. The number of nitrogens with zero attached hydrogens (tertiary/aromatic N) is 2. The third-order valence-corrected chi connectivity index (χ3v) is 6.10. The fourth-order valence-corrected chi connectivity index (χ4v) is 4.31. The van der Waals surface area contributed by atoms with Gasteiger partial charge < -0.3 is 5.32 Å². The quantitative estimate of drug-likeness (QED) is 0.507. The van der Waals surface area contributed by atoms with Gasteiger partial charge in [0.05, 0.1) is 11.7 Å². The van der Waals surface area contributed by atoms with E-state index < -0.39 is 0 Å². The summed E-state index contributed by atoms with van der Waals surface area (Å²) >= 11 is 1.44. The van der Waals surface area contributed by atoms with E-state index in [1.807, 2.05) is 66.9 Å². The highest BCUT2D eigenvalue weighted by molar-refractivity contribution is 7.17. The molecule has 5 nitrogen and oxygen atoms in total. The Balaban J connectivity index is 1.52. The monoisotopic (exact) mass is 417 g/mol. The number of hydrogen-bond donors (Lipinski definition) is 1. The maximum atomic E-state index is 13.1. The van der Waals surface area contributed by atoms with Crippen LogP contribution in [-0.2, 0) is 11.3 Å². The van der Waals surface area contributed by atoms with E-state index >= 15 is 0 Å². The summed E-state index contributed by atoms with van der Waals surface area (Å²) in [7, 11) is 0. The molecule has 0 unspecified atom stereocenters. The van der Waals surface area contributed by atoms with Gasteiger partial charge in [-0.3, -0.25) is 14.2 Å². The molecule has 6 heteroatoms. The zero-order chi connectivity index (χ0) is 21.1. The fourth-order valence-electron chi connectivity index (χ4n) is 3.40. The minimum absolute atomic E-state index is 0.0491. The Morgan fingerprint density at radius 3 is 2.60 bits per heavy atom. The van der Waals surface area contributed by atoms with E-state index in [1.54, 1.807) is 0 Å². The second kappa shape index (κ2) is 8.63. The van der Waals surface area contributed by atoms with Crippen LogP contribution in [0.4, 0.5) is 0 Å². The number of fused-ring (bicyclic) bond motifs is 1. The minimum atomic E-state index is -0.201. The van der Waals surface area contributed by atoms with Gasteiger partial charge in [-0.25, -0.2) is 4.98 Å². The smallest absolute Gasteiger partial charge is 0.263 e. The van der Waals surface area contributed by atoms with Crippen LogP contribution in [0.5, 0.6) is 0 Å². The normalized spacial score (nSPS) is 12.1. The molecule has 0 bridgehead atoms. The molecule has 0 fully saturated rings. The minimum Gasteiger partial charge on any atom is -0.354 e. The van der Waals surface area contributed by atoms with Crippen LogP contribution in [0.2, 0.25) is 0 Å². The molecule has 152 valence electrons. The molecule has 0 saturated heterocycles. The molecule has 0 aliphatic rings. The average molecular weight is 418 g/mol. The molecule has 2 aromatic heterocycles. The first-order chi connectivity index (χ1) is 14.5. The number of aryl methyl sites for hydroxylation is 1. The first kappa shape index (κ1) is 20.0. The lowest BCUT2D eigenvalue weighted by molar-refractivity contribution is -0.121. The summed E-state index contributed by atoms with van der Waals surface area (Å²) in [5.74, 6) is -0.00867. The third-order valence-electron chi connectivity index (χ3n) is 5.21. The van der Waals surface area contributed by atoms with Crippen LogP contribution in [0.1, 0.15) is 24.0 Å². The summed E-state index contributed by atoms with van der Waals surface area (Å²) in [6.45, 7) is 4.56. The standard InChI is InChI=1S/C24H23N3O2S/c1-16-8-10-19(11-9-16)20-14-30-23-22(20)24(29)27(15-26-23)13-21(28)25-12-17(2)18-6-4-3-5-7-18/h3-11,14-15,17H,12-13H2,1-2H3,(H,25,28)/t17-/m0/s1. The predicted molar refractivity (Wildman–Crippen MR) is 122 cm³/mol. The fraction of sp³-hybridized carbons (Fsp3) is 0.208. The van der Waals surface area contributed by atoms with Gasteiger partial charge in [-0.05, 0) is 24.0 Å². The molecule has 1 amide bonds. The first-order valence-electron chi connectivity index (χ1n) is 9.88. The SMILES string of the molecule is Cc1ccc(-c2csc3ncn(CC(=O)NC[C@H](C)c4ccccc4)c(=O)c23)cc1. The summed E-state index contributed by atoms with van der Waals surface area (Å²) in [5.41, 5.74) is 3.97. The molecule has 1 N–H and O–H groups in total. The largest absolute Gasteiger partial charge is 0.354 e. The van der Waals surface area contributed by atoms with Crippen molar-refractivity contribution in [3.8, 4) is 11.1 Å². The predicted octanol–water partition coefficient (Wildman–Crippen LogP) is 4.35.